The van der Waals surface area contributed by atoms with E-state index in [0.29, 0.717) is 11.3 Å². The number of aromatic amines is 1. The van der Waals surface area contributed by atoms with Gasteiger partial charge in [-0.15, -0.1) is 0 Å². The van der Waals surface area contributed by atoms with Crippen molar-refractivity contribution in [3.63, 3.8) is 0 Å². The van der Waals surface area contributed by atoms with Crippen LogP contribution >= 0.6 is 15.9 Å². The van der Waals surface area contributed by atoms with E-state index in [1.165, 1.54) is 10.7 Å². The van der Waals surface area contributed by atoms with Crippen molar-refractivity contribution in [2.75, 3.05) is 7.04 Å². The molecule has 114 valence electrons. The molecule has 0 atom stereocenters. The minimum absolute atomic E-state index is 0.0634. The second-order valence-electron chi connectivity index (χ2n) is 5.03. The lowest BCUT2D eigenvalue weighted by molar-refractivity contribution is 0.411. The number of para-hydroxylation sites is 2. The molecule has 1 N–H and O–H groups in total. The normalized spacial score (nSPS) is 13.7. The maximum atomic E-state index is 12.8. The van der Waals surface area contributed by atoms with E-state index in [1.54, 1.807) is 24.4 Å². The largest absolute Gasteiger partial charge is 0.494 e. The number of halogens is 1. The number of fused-ring (bicyclic) bond motifs is 3. The van der Waals surface area contributed by atoms with E-state index in [0.717, 1.165) is 15.4 Å². The molecule has 23 heavy (non-hydrogen) atoms. The molecule has 2 aliphatic heterocycles. The standard InChI is InChI=1S/C17H12BrN3O2/c1-23-15-5-3-2-4-14(15)21-17(22)12-9-19-13-8-10(18)6-7-11(13)16(12)20-21/h2-9,19H,1H3/i1D3. The van der Waals surface area contributed by atoms with E-state index >= 15 is 0 Å². The van der Waals surface area contributed by atoms with E-state index in [4.69, 9.17) is 8.85 Å². The van der Waals surface area contributed by atoms with Crippen LogP contribution in [-0.4, -0.2) is 21.8 Å². The third-order valence-corrected chi connectivity index (χ3v) is 4.18. The molecule has 2 aliphatic rings. The SMILES string of the molecule is [2H]C([2H])([2H])Oc1ccccc1-n1nc2c3ccc(Br)cc3[nH]cc-2c1=O. The Morgan fingerprint density at radius 2 is 2.17 bits per heavy atom. The first-order valence-electron chi connectivity index (χ1n) is 8.31. The Balaban J connectivity index is 1.97. The van der Waals surface area contributed by atoms with Crippen LogP contribution in [0.2, 0.25) is 0 Å². The van der Waals surface area contributed by atoms with Gasteiger partial charge in [-0.25, -0.2) is 0 Å². The van der Waals surface area contributed by atoms with Gasteiger partial charge in [-0.1, -0.05) is 28.1 Å². The summed E-state index contributed by atoms with van der Waals surface area (Å²) in [4.78, 5) is 15.9. The van der Waals surface area contributed by atoms with Gasteiger partial charge in [0.05, 0.1) is 16.7 Å². The Morgan fingerprint density at radius 3 is 3.04 bits per heavy atom. The molecular formula is C17H12BrN3O2. The van der Waals surface area contributed by atoms with E-state index in [9.17, 15) is 4.79 Å². The number of H-pyrrole nitrogens is 1. The average molecular weight is 373 g/mol. The van der Waals surface area contributed by atoms with Crippen molar-refractivity contribution in [1.29, 1.82) is 0 Å². The fourth-order valence-electron chi connectivity index (χ4n) is 2.62. The summed E-state index contributed by atoms with van der Waals surface area (Å²) >= 11 is 3.41. The summed E-state index contributed by atoms with van der Waals surface area (Å²) in [6, 6.07) is 12.0. The molecule has 0 aromatic heterocycles. The molecule has 2 aromatic rings. The molecule has 0 aliphatic carbocycles. The van der Waals surface area contributed by atoms with Gasteiger partial charge < -0.3 is 9.72 Å². The first-order valence-corrected chi connectivity index (χ1v) is 7.61. The van der Waals surface area contributed by atoms with Gasteiger partial charge in [-0.05, 0) is 30.3 Å². The maximum Gasteiger partial charge on any atom is 0.282 e. The summed E-state index contributed by atoms with van der Waals surface area (Å²) in [6.45, 7) is 0. The average Bonchev–Trinajstić information content (AvgIpc) is 2.91. The predicted molar refractivity (Wildman–Crippen MR) is 92.6 cm³/mol. The van der Waals surface area contributed by atoms with E-state index < -0.39 is 7.04 Å². The molecule has 0 fully saturated rings. The zero-order chi connectivity index (χ0) is 18.5. The molecule has 0 unspecified atom stereocenters. The third-order valence-electron chi connectivity index (χ3n) is 3.69. The van der Waals surface area contributed by atoms with Crippen LogP contribution < -0.4 is 10.3 Å². The molecule has 0 spiro atoms. The highest BCUT2D eigenvalue weighted by Gasteiger charge is 2.20. The number of hydrogen-bond donors (Lipinski definition) is 1. The molecule has 0 bridgehead atoms. The topological polar surface area (TPSA) is 59.9 Å². The summed E-state index contributed by atoms with van der Waals surface area (Å²) in [5, 5.41) is 5.22. The van der Waals surface area contributed by atoms with Gasteiger partial charge in [0, 0.05) is 21.6 Å². The summed E-state index contributed by atoms with van der Waals surface area (Å²) < 4.78 is 29.0. The van der Waals surface area contributed by atoms with E-state index in [2.05, 4.69) is 26.0 Å². The smallest absolute Gasteiger partial charge is 0.282 e. The van der Waals surface area contributed by atoms with Crippen LogP contribution in [-0.2, 0) is 0 Å². The van der Waals surface area contributed by atoms with Gasteiger partial charge in [0.2, 0.25) is 0 Å². The summed E-state index contributed by atoms with van der Waals surface area (Å²) in [5.74, 6) is 0.0634. The highest BCUT2D eigenvalue weighted by molar-refractivity contribution is 9.10. The molecule has 0 saturated carbocycles. The van der Waals surface area contributed by atoms with E-state index in [-0.39, 0.29) is 17.0 Å². The molecule has 0 saturated heterocycles. The zero-order valence-electron chi connectivity index (χ0n) is 14.7. The van der Waals surface area contributed by atoms with Gasteiger partial charge in [0.15, 0.2) is 0 Å². The Morgan fingerprint density at radius 1 is 1.30 bits per heavy atom. The summed E-state index contributed by atoms with van der Waals surface area (Å²) in [6.07, 6.45) is 1.60. The molecule has 0 radical (unpaired) electrons. The number of rotatable bonds is 2. The molecule has 5 nitrogen and oxygen atoms in total. The molecule has 0 amide bonds. The number of methoxy groups -OCH3 is 1. The first-order chi connectivity index (χ1) is 12.3. The molecule has 2 aromatic carbocycles. The van der Waals surface area contributed by atoms with Gasteiger partial charge in [-0.2, -0.15) is 9.78 Å². The number of hydrogen-bond acceptors (Lipinski definition) is 3. The predicted octanol–water partition coefficient (Wildman–Crippen LogP) is 3.59. The minimum atomic E-state index is -2.63. The number of benzene rings is 2. The number of nitrogens with zero attached hydrogens (tertiary/aromatic N) is 2. The van der Waals surface area contributed by atoms with Crippen LogP contribution in [0.5, 0.6) is 5.75 Å². The fraction of sp³-hybridized carbons (Fsp3) is 0.0588. The third kappa shape index (κ3) is 2.14. The van der Waals surface area contributed by atoms with Crippen molar-refractivity contribution in [1.82, 2.24) is 14.8 Å². The lowest BCUT2D eigenvalue weighted by Crippen LogP contribution is -2.15. The Hall–Kier alpha value is -2.60. The number of pyridine rings is 1. The second-order valence-corrected chi connectivity index (χ2v) is 5.94. The summed E-state index contributed by atoms with van der Waals surface area (Å²) in [7, 11) is -2.63. The monoisotopic (exact) mass is 372 g/mol. The van der Waals surface area contributed by atoms with Crippen molar-refractivity contribution in [2.24, 2.45) is 0 Å². The molecule has 6 heteroatoms. The number of ether oxygens (including phenoxy) is 1. The molecule has 4 rings (SSSR count). The Labute approximate surface area is 144 Å². The lowest BCUT2D eigenvalue weighted by Gasteiger charge is -2.06. The van der Waals surface area contributed by atoms with Gasteiger partial charge in [-0.3, -0.25) is 4.79 Å². The van der Waals surface area contributed by atoms with Crippen molar-refractivity contribution >= 4 is 26.8 Å². The van der Waals surface area contributed by atoms with Crippen LogP contribution in [0.4, 0.5) is 0 Å². The first kappa shape index (κ1) is 11.0. The lowest BCUT2D eigenvalue weighted by atomic mass is 10.1. The molecular weight excluding hydrogens is 358 g/mol. The van der Waals surface area contributed by atoms with Crippen molar-refractivity contribution in [2.45, 2.75) is 0 Å². The van der Waals surface area contributed by atoms with Crippen molar-refractivity contribution in [3.8, 4) is 22.7 Å². The Kier molecular flexibility index (Phi) is 2.51. The zero-order valence-corrected chi connectivity index (χ0v) is 13.3. The van der Waals surface area contributed by atoms with Crippen LogP contribution in [0.3, 0.4) is 0 Å². The molecule has 2 heterocycles. The maximum absolute atomic E-state index is 12.8. The number of aromatic nitrogens is 3. The van der Waals surface area contributed by atoms with Crippen LogP contribution in [0.25, 0.3) is 27.8 Å². The van der Waals surface area contributed by atoms with Crippen molar-refractivity contribution in [3.05, 3.63) is 63.5 Å². The van der Waals surface area contributed by atoms with Gasteiger partial charge >= 0.3 is 0 Å². The van der Waals surface area contributed by atoms with Gasteiger partial charge in [0.25, 0.3) is 5.56 Å². The highest BCUT2D eigenvalue weighted by atomic mass is 79.9. The quantitative estimate of drug-likeness (QED) is 0.584. The van der Waals surface area contributed by atoms with Crippen LogP contribution in [0.1, 0.15) is 4.11 Å². The summed E-state index contributed by atoms with van der Waals surface area (Å²) in [5.41, 5.74) is 1.67. The van der Waals surface area contributed by atoms with Gasteiger partial charge in [0.1, 0.15) is 17.1 Å². The Bertz CT molecular complexity index is 1150. The highest BCUT2D eigenvalue weighted by Crippen LogP contribution is 2.29. The second kappa shape index (κ2) is 5.24. The fourth-order valence-corrected chi connectivity index (χ4v) is 2.98. The van der Waals surface area contributed by atoms with Crippen molar-refractivity contribution < 1.29 is 8.85 Å². The number of nitrogens with one attached hydrogen (secondary N) is 1. The minimum Gasteiger partial charge on any atom is -0.494 e. The van der Waals surface area contributed by atoms with Crippen LogP contribution in [0, 0.1) is 0 Å². The van der Waals surface area contributed by atoms with E-state index in [1.807, 2.05) is 18.2 Å². The van der Waals surface area contributed by atoms with Crippen LogP contribution in [0.15, 0.2) is 57.9 Å².